The zero-order chi connectivity index (χ0) is 17.2. The molecule has 25 heavy (non-hydrogen) atoms. The molecule has 1 saturated heterocycles. The van der Waals surface area contributed by atoms with Gasteiger partial charge in [0.05, 0.1) is 12.3 Å². The quantitative estimate of drug-likeness (QED) is 0.762. The fourth-order valence-electron chi connectivity index (χ4n) is 3.07. The molecule has 1 fully saturated rings. The molecule has 2 aliphatic heterocycles. The molecule has 0 spiro atoms. The number of ether oxygens (including phenoxy) is 2. The lowest BCUT2D eigenvalue weighted by molar-refractivity contribution is -0.129. The van der Waals surface area contributed by atoms with Gasteiger partial charge in [-0.25, -0.2) is 0 Å². The molecule has 2 atom stereocenters. The smallest absolute Gasteiger partial charge is 0.233 e. The number of hydrogen-bond acceptors (Lipinski definition) is 5. The average molecular weight is 373 g/mol. The first kappa shape index (κ1) is 16.7. The predicted octanol–water partition coefficient (Wildman–Crippen LogP) is 3.82. The Morgan fingerprint density at radius 3 is 2.68 bits per heavy atom. The van der Waals surface area contributed by atoms with Gasteiger partial charge in [-0.15, -0.1) is 23.5 Å². The summed E-state index contributed by atoms with van der Waals surface area (Å²) in [6.45, 7) is 0.999. The first-order chi connectivity index (χ1) is 12.2. The van der Waals surface area contributed by atoms with E-state index >= 15 is 0 Å². The van der Waals surface area contributed by atoms with Crippen LogP contribution in [0.25, 0.3) is 0 Å². The number of carbonyl (C=O) groups excluding carboxylic acids is 1. The third-order valence-corrected chi connectivity index (χ3v) is 6.34. The lowest BCUT2D eigenvalue weighted by atomic mass is 10.2. The van der Waals surface area contributed by atoms with Crippen LogP contribution in [0.2, 0.25) is 0 Å². The third-order valence-electron chi connectivity index (χ3n) is 4.34. The van der Waals surface area contributed by atoms with Crippen molar-refractivity contribution in [1.29, 1.82) is 0 Å². The summed E-state index contributed by atoms with van der Waals surface area (Å²) < 4.78 is 11.8. The minimum absolute atomic E-state index is 0.0455. The van der Waals surface area contributed by atoms with Crippen molar-refractivity contribution >= 4 is 29.4 Å². The minimum Gasteiger partial charge on any atom is -0.486 e. The van der Waals surface area contributed by atoms with Gasteiger partial charge in [0.15, 0.2) is 17.6 Å². The van der Waals surface area contributed by atoms with Crippen molar-refractivity contribution in [2.75, 3.05) is 25.2 Å². The van der Waals surface area contributed by atoms with Crippen molar-refractivity contribution < 1.29 is 14.3 Å². The Kier molecular flexibility index (Phi) is 4.81. The number of fused-ring (bicyclic) bond motifs is 1. The van der Waals surface area contributed by atoms with Crippen molar-refractivity contribution in [2.45, 2.75) is 16.4 Å². The second kappa shape index (κ2) is 7.22. The molecule has 0 N–H and O–H groups in total. The van der Waals surface area contributed by atoms with Crippen molar-refractivity contribution in [3.8, 4) is 11.5 Å². The molecule has 0 aliphatic carbocycles. The fraction of sp³-hybridized carbons (Fsp3) is 0.316. The van der Waals surface area contributed by atoms with Crippen LogP contribution < -0.4 is 9.47 Å². The van der Waals surface area contributed by atoms with Gasteiger partial charge in [0.25, 0.3) is 0 Å². The van der Waals surface area contributed by atoms with Crippen LogP contribution in [0.5, 0.6) is 11.5 Å². The Labute approximate surface area is 155 Å². The molecule has 4 rings (SSSR count). The van der Waals surface area contributed by atoms with E-state index in [0.717, 1.165) is 17.1 Å². The number of para-hydroxylation sites is 2. The van der Waals surface area contributed by atoms with Gasteiger partial charge in [0, 0.05) is 4.90 Å². The number of thioether (sulfide) groups is 2. The van der Waals surface area contributed by atoms with Crippen LogP contribution >= 0.6 is 23.5 Å². The fourth-order valence-corrected chi connectivity index (χ4v) is 4.68. The summed E-state index contributed by atoms with van der Waals surface area (Å²) in [7, 11) is 0. The van der Waals surface area contributed by atoms with E-state index in [0.29, 0.717) is 18.9 Å². The Bertz CT molecular complexity index is 766. The summed E-state index contributed by atoms with van der Waals surface area (Å²) in [5, 5.41) is 0.0455. The van der Waals surface area contributed by atoms with Crippen molar-refractivity contribution in [3.05, 3.63) is 54.1 Å². The molecule has 2 heterocycles. The molecule has 0 unspecified atom stereocenters. The van der Waals surface area contributed by atoms with Crippen LogP contribution in [0.15, 0.2) is 53.4 Å². The van der Waals surface area contributed by atoms with Crippen LogP contribution in [0, 0.1) is 0 Å². The van der Waals surface area contributed by atoms with Gasteiger partial charge in [-0.05, 0) is 36.1 Å². The van der Waals surface area contributed by atoms with Gasteiger partial charge in [0.2, 0.25) is 5.91 Å². The highest BCUT2D eigenvalue weighted by Gasteiger charge is 2.36. The van der Waals surface area contributed by atoms with Crippen LogP contribution in [0.3, 0.4) is 0 Å². The number of carbonyl (C=O) groups is 1. The predicted molar refractivity (Wildman–Crippen MR) is 101 cm³/mol. The first-order valence-electron chi connectivity index (χ1n) is 8.18. The maximum atomic E-state index is 12.4. The molecule has 0 bridgehead atoms. The molecular weight excluding hydrogens is 354 g/mol. The van der Waals surface area contributed by atoms with E-state index in [-0.39, 0.29) is 17.4 Å². The van der Waals surface area contributed by atoms with E-state index in [1.807, 2.05) is 29.2 Å². The zero-order valence-corrected chi connectivity index (χ0v) is 15.5. The largest absolute Gasteiger partial charge is 0.486 e. The van der Waals surface area contributed by atoms with Gasteiger partial charge >= 0.3 is 0 Å². The minimum atomic E-state index is -0.148. The Hall–Kier alpha value is -1.79. The van der Waals surface area contributed by atoms with Crippen LogP contribution in [0.4, 0.5) is 0 Å². The van der Waals surface area contributed by atoms with E-state index in [2.05, 4.69) is 30.5 Å². The maximum Gasteiger partial charge on any atom is 0.233 e. The topological polar surface area (TPSA) is 38.8 Å². The highest BCUT2D eigenvalue weighted by Crippen LogP contribution is 2.40. The molecule has 2 aliphatic rings. The summed E-state index contributed by atoms with van der Waals surface area (Å²) in [6.07, 6.45) is 1.92. The summed E-state index contributed by atoms with van der Waals surface area (Å²) >= 11 is 3.39. The Morgan fingerprint density at radius 2 is 1.92 bits per heavy atom. The van der Waals surface area contributed by atoms with E-state index in [9.17, 15) is 4.79 Å². The molecule has 0 saturated carbocycles. The van der Waals surface area contributed by atoms with Crippen molar-refractivity contribution in [1.82, 2.24) is 4.90 Å². The second-order valence-corrected chi connectivity index (χ2v) is 7.93. The highest BCUT2D eigenvalue weighted by molar-refractivity contribution is 8.00. The molecule has 130 valence electrons. The average Bonchev–Trinajstić information content (AvgIpc) is 3.02. The van der Waals surface area contributed by atoms with E-state index in [4.69, 9.17) is 9.47 Å². The number of benzene rings is 2. The van der Waals surface area contributed by atoms with Gasteiger partial charge < -0.3 is 14.4 Å². The summed E-state index contributed by atoms with van der Waals surface area (Å²) in [4.78, 5) is 15.5. The molecule has 6 heteroatoms. The van der Waals surface area contributed by atoms with Gasteiger partial charge in [-0.1, -0.05) is 24.3 Å². The van der Waals surface area contributed by atoms with Crippen molar-refractivity contribution in [3.63, 3.8) is 0 Å². The van der Waals surface area contributed by atoms with E-state index in [1.54, 1.807) is 23.5 Å². The van der Waals surface area contributed by atoms with Gasteiger partial charge in [-0.2, -0.15) is 0 Å². The van der Waals surface area contributed by atoms with Crippen LogP contribution in [-0.4, -0.2) is 42.1 Å². The number of rotatable bonds is 4. The second-order valence-electron chi connectivity index (χ2n) is 5.98. The summed E-state index contributed by atoms with van der Waals surface area (Å²) in [5.74, 6) is 2.19. The summed E-state index contributed by atoms with van der Waals surface area (Å²) in [5.41, 5.74) is 1.16. The SMILES string of the molecule is CSc1ccc([C@H]2SCC(=O)N2C[C@@H]2COc3ccccc3O2)cc1. The maximum absolute atomic E-state index is 12.4. The normalized spacial score (nSPS) is 22.3. The monoisotopic (exact) mass is 373 g/mol. The molecule has 0 radical (unpaired) electrons. The highest BCUT2D eigenvalue weighted by atomic mass is 32.2. The van der Waals surface area contributed by atoms with Crippen molar-refractivity contribution in [2.24, 2.45) is 0 Å². The molecule has 2 aromatic carbocycles. The molecular formula is C19H19NO3S2. The van der Waals surface area contributed by atoms with Crippen LogP contribution in [0.1, 0.15) is 10.9 Å². The zero-order valence-electron chi connectivity index (χ0n) is 13.9. The summed E-state index contributed by atoms with van der Waals surface area (Å²) in [6, 6.07) is 16.1. The lowest BCUT2D eigenvalue weighted by Crippen LogP contribution is -2.42. The number of hydrogen-bond donors (Lipinski definition) is 0. The molecule has 0 aromatic heterocycles. The Balaban J connectivity index is 1.49. The molecule has 4 nitrogen and oxygen atoms in total. The third kappa shape index (κ3) is 3.46. The Morgan fingerprint density at radius 1 is 1.16 bits per heavy atom. The van der Waals surface area contributed by atoms with E-state index in [1.165, 1.54) is 4.90 Å². The molecule has 1 amide bonds. The van der Waals surface area contributed by atoms with Crippen LogP contribution in [-0.2, 0) is 4.79 Å². The standard InChI is InChI=1S/C19H19NO3S2/c1-24-15-8-6-13(7-9-15)19-20(18(21)12-25-19)10-14-11-22-16-4-2-3-5-17(16)23-14/h2-9,14,19H,10-12H2,1H3/t14-,19-/m1/s1. The van der Waals surface area contributed by atoms with Gasteiger partial charge in [0.1, 0.15) is 12.0 Å². The lowest BCUT2D eigenvalue weighted by Gasteiger charge is -2.32. The number of nitrogens with zero attached hydrogens (tertiary/aromatic N) is 1. The first-order valence-corrected chi connectivity index (χ1v) is 10.5. The number of amides is 1. The molecule has 2 aromatic rings. The van der Waals surface area contributed by atoms with E-state index < -0.39 is 0 Å². The van der Waals surface area contributed by atoms with Gasteiger partial charge in [-0.3, -0.25) is 4.79 Å².